The van der Waals surface area contributed by atoms with Gasteiger partial charge in [-0.25, -0.2) is 9.80 Å². The van der Waals surface area contributed by atoms with E-state index in [0.717, 1.165) is 20.9 Å². The van der Waals surface area contributed by atoms with Crippen LogP contribution >= 0.6 is 39.1 Å². The van der Waals surface area contributed by atoms with Gasteiger partial charge in [0.15, 0.2) is 5.78 Å². The van der Waals surface area contributed by atoms with E-state index in [1.807, 2.05) is 12.2 Å². The fourth-order valence-corrected chi connectivity index (χ4v) is 7.44. The zero-order valence-electron chi connectivity index (χ0n) is 22.9. The lowest BCUT2D eigenvalue weighted by molar-refractivity contribution is -0.154. The number of allylic oxidation sites excluding steroid dienone is 2. The van der Waals surface area contributed by atoms with Crippen LogP contribution < -0.4 is 4.74 Å². The molecule has 3 aromatic carbocycles. The molecule has 222 valence electrons. The number of hydrazine groups is 1. The number of benzene rings is 3. The summed E-state index contributed by atoms with van der Waals surface area (Å²) in [6.07, 6.45) is 5.07. The minimum absolute atomic E-state index is 0.0539. The van der Waals surface area contributed by atoms with Gasteiger partial charge < -0.3 is 4.74 Å². The Hall–Kier alpha value is -3.79. The van der Waals surface area contributed by atoms with Gasteiger partial charge in [0.05, 0.1) is 27.4 Å². The number of hydrogen-bond donors (Lipinski definition) is 0. The van der Waals surface area contributed by atoms with Crippen LogP contribution in [0.5, 0.6) is 5.75 Å². The number of esters is 1. The first kappa shape index (κ1) is 29.0. The normalized spacial score (nSPS) is 25.8. The fourth-order valence-electron chi connectivity index (χ4n) is 6.88. The molecule has 8 nitrogen and oxygen atoms in total. The molecule has 3 amide bonds. The summed E-state index contributed by atoms with van der Waals surface area (Å²) in [5.41, 5.74) is 0.618. The summed E-state index contributed by atoms with van der Waals surface area (Å²) in [6.45, 7) is -0.580. The van der Waals surface area contributed by atoms with Crippen LogP contribution in [0.15, 0.2) is 83.4 Å². The molecule has 1 heterocycles. The predicted molar refractivity (Wildman–Crippen MR) is 164 cm³/mol. The third-order valence-corrected chi connectivity index (χ3v) is 10.3. The molecule has 1 aliphatic heterocycles. The topological polar surface area (TPSA) is 101 Å². The Kier molecular flexibility index (Phi) is 7.22. The Morgan fingerprint density at radius 3 is 1.95 bits per heavy atom. The quantitative estimate of drug-likeness (QED) is 0.0951. The molecule has 8 rings (SSSR count). The monoisotopic (exact) mass is 692 g/mol. The molecule has 0 spiro atoms. The molecule has 2 saturated carbocycles. The molecule has 4 aliphatic carbocycles. The van der Waals surface area contributed by atoms with Gasteiger partial charge in [0.25, 0.3) is 17.7 Å². The molecule has 3 fully saturated rings. The van der Waals surface area contributed by atoms with Gasteiger partial charge in [0, 0.05) is 15.6 Å². The van der Waals surface area contributed by atoms with Crippen LogP contribution in [0, 0.1) is 35.5 Å². The van der Waals surface area contributed by atoms with Crippen molar-refractivity contribution < 1.29 is 28.7 Å². The van der Waals surface area contributed by atoms with Crippen LogP contribution in [0.3, 0.4) is 0 Å². The Morgan fingerprint density at radius 2 is 1.36 bits per heavy atom. The lowest BCUT2D eigenvalue weighted by Crippen LogP contribution is -2.52. The van der Waals surface area contributed by atoms with Crippen molar-refractivity contribution in [3.8, 4) is 5.75 Å². The number of amides is 3. The van der Waals surface area contributed by atoms with Crippen LogP contribution in [-0.2, 0) is 9.59 Å². The summed E-state index contributed by atoms with van der Waals surface area (Å²) < 4.78 is 6.24. The van der Waals surface area contributed by atoms with E-state index in [4.69, 9.17) is 27.9 Å². The standard InChI is InChI=1S/C33H23BrCl2N2O6/c34-19-6-1-17(2-7-19)33(43)44-20-8-3-16(4-9-20)27(39)15-37(30(40)18-5-12-25(35)26(36)13-18)38-31(41)28-21-10-11-22(24-14-23(21)24)29(28)32(38)42/h1-13,21-24,28-29H,14-15H2/t21-,22-,23-,24+,28+,29+/m0/s1. The summed E-state index contributed by atoms with van der Waals surface area (Å²) in [5, 5.41) is 2.15. The second-order valence-electron chi connectivity index (χ2n) is 11.5. The predicted octanol–water partition coefficient (Wildman–Crippen LogP) is 6.27. The zero-order chi connectivity index (χ0) is 30.9. The van der Waals surface area contributed by atoms with E-state index in [1.54, 1.807) is 24.3 Å². The maximum atomic E-state index is 13.9. The van der Waals surface area contributed by atoms with Crippen molar-refractivity contribution >= 4 is 68.6 Å². The highest BCUT2D eigenvalue weighted by Crippen LogP contribution is 2.65. The summed E-state index contributed by atoms with van der Waals surface area (Å²) >= 11 is 15.6. The van der Waals surface area contributed by atoms with E-state index < -0.39 is 47.9 Å². The van der Waals surface area contributed by atoms with Crippen molar-refractivity contribution in [2.75, 3.05) is 6.54 Å². The van der Waals surface area contributed by atoms with Crippen LogP contribution in [-0.4, -0.2) is 46.0 Å². The molecule has 3 aromatic rings. The molecular formula is C33H23BrCl2N2O6. The van der Waals surface area contributed by atoms with Crippen molar-refractivity contribution in [3.63, 3.8) is 0 Å². The maximum Gasteiger partial charge on any atom is 0.343 e. The summed E-state index contributed by atoms with van der Waals surface area (Å²) in [7, 11) is 0. The third-order valence-electron chi connectivity index (χ3n) is 9.04. The van der Waals surface area contributed by atoms with E-state index in [0.29, 0.717) is 17.4 Å². The first-order valence-electron chi connectivity index (χ1n) is 14.1. The van der Waals surface area contributed by atoms with Crippen molar-refractivity contribution in [3.05, 3.63) is 110 Å². The van der Waals surface area contributed by atoms with Gasteiger partial charge in [0.1, 0.15) is 12.3 Å². The Balaban J connectivity index is 1.15. The fraction of sp³-hybridized carbons (Fsp3) is 0.242. The van der Waals surface area contributed by atoms with E-state index in [-0.39, 0.29) is 38.8 Å². The average molecular weight is 694 g/mol. The van der Waals surface area contributed by atoms with E-state index in [1.165, 1.54) is 42.5 Å². The largest absolute Gasteiger partial charge is 0.423 e. The van der Waals surface area contributed by atoms with Crippen LogP contribution in [0.4, 0.5) is 0 Å². The Labute approximate surface area is 270 Å². The van der Waals surface area contributed by atoms with Crippen molar-refractivity contribution in [1.29, 1.82) is 0 Å². The summed E-state index contributed by atoms with van der Waals surface area (Å²) in [6, 6.07) is 16.7. The first-order valence-corrected chi connectivity index (χ1v) is 15.6. The third kappa shape index (κ3) is 4.87. The van der Waals surface area contributed by atoms with Crippen LogP contribution in [0.2, 0.25) is 10.0 Å². The number of ether oxygens (including phenoxy) is 1. The highest BCUT2D eigenvalue weighted by molar-refractivity contribution is 9.10. The molecule has 44 heavy (non-hydrogen) atoms. The van der Waals surface area contributed by atoms with Gasteiger partial charge >= 0.3 is 5.97 Å². The van der Waals surface area contributed by atoms with Crippen LogP contribution in [0.25, 0.3) is 0 Å². The number of carbonyl (C=O) groups excluding carboxylic acids is 5. The summed E-state index contributed by atoms with van der Waals surface area (Å²) in [4.78, 5) is 67.7. The minimum atomic E-state index is -0.734. The number of hydrogen-bond acceptors (Lipinski definition) is 6. The number of carbonyl (C=O) groups is 5. The van der Waals surface area contributed by atoms with E-state index in [2.05, 4.69) is 15.9 Å². The second kappa shape index (κ2) is 11.0. The molecular weight excluding hydrogens is 671 g/mol. The van der Waals surface area contributed by atoms with Gasteiger partial charge in [-0.05, 0) is 96.8 Å². The minimum Gasteiger partial charge on any atom is -0.423 e. The molecule has 1 saturated heterocycles. The van der Waals surface area contributed by atoms with E-state index >= 15 is 0 Å². The van der Waals surface area contributed by atoms with Crippen LogP contribution in [0.1, 0.15) is 37.5 Å². The number of imide groups is 1. The van der Waals surface area contributed by atoms with Gasteiger partial charge in [-0.3, -0.25) is 19.2 Å². The molecule has 0 radical (unpaired) electrons. The van der Waals surface area contributed by atoms with Gasteiger partial charge in [-0.1, -0.05) is 51.3 Å². The molecule has 0 aromatic heterocycles. The zero-order valence-corrected chi connectivity index (χ0v) is 26.0. The highest BCUT2D eigenvalue weighted by atomic mass is 79.9. The van der Waals surface area contributed by atoms with Crippen molar-refractivity contribution in [2.24, 2.45) is 35.5 Å². The lowest BCUT2D eigenvalue weighted by atomic mass is 9.63. The SMILES string of the molecule is O=C(CN(C(=O)c1ccc(Cl)c(Cl)c1)N1C(=O)[C@@H]2[C@H]3C=C[C@@H]([C@@H]4C[C@H]34)[C@H]2C1=O)c1ccc(OC(=O)c2ccc(Br)cc2)cc1. The number of rotatable bonds is 7. The number of halogens is 3. The molecule has 11 heteroatoms. The number of nitrogens with zero attached hydrogens (tertiary/aromatic N) is 2. The maximum absolute atomic E-state index is 13.9. The van der Waals surface area contributed by atoms with E-state index in [9.17, 15) is 24.0 Å². The highest BCUT2D eigenvalue weighted by Gasteiger charge is 2.68. The first-order chi connectivity index (χ1) is 21.1. The molecule has 0 unspecified atom stereocenters. The van der Waals surface area contributed by atoms with Crippen molar-refractivity contribution in [1.82, 2.24) is 10.0 Å². The Bertz CT molecular complexity index is 1740. The van der Waals surface area contributed by atoms with Gasteiger partial charge in [0.2, 0.25) is 0 Å². The second-order valence-corrected chi connectivity index (χ2v) is 13.2. The molecule has 6 atom stereocenters. The Morgan fingerprint density at radius 1 is 0.795 bits per heavy atom. The number of ketones is 1. The van der Waals surface area contributed by atoms with Gasteiger partial charge in [-0.2, -0.15) is 5.01 Å². The lowest BCUT2D eigenvalue weighted by Gasteiger charge is -2.37. The molecule has 5 aliphatic rings. The van der Waals surface area contributed by atoms with Gasteiger partial charge in [-0.15, -0.1) is 0 Å². The summed E-state index contributed by atoms with van der Waals surface area (Å²) in [5.74, 6) is -3.02. The van der Waals surface area contributed by atoms with Crippen molar-refractivity contribution in [2.45, 2.75) is 6.42 Å². The number of Topliss-reactive ketones (excluding diaryl/α,β-unsaturated/α-hetero) is 1. The molecule has 0 N–H and O–H groups in total. The smallest absolute Gasteiger partial charge is 0.343 e. The average Bonchev–Trinajstić information content (AvgIpc) is 3.80. The molecule has 2 bridgehead atoms.